The molecule has 0 radical (unpaired) electrons. The second-order valence-corrected chi connectivity index (χ2v) is 2.04. The summed E-state index contributed by atoms with van der Waals surface area (Å²) in [4.78, 5) is 10.1. The van der Waals surface area contributed by atoms with Gasteiger partial charge < -0.3 is 9.15 Å². The number of furan rings is 1. The van der Waals surface area contributed by atoms with Gasteiger partial charge in [-0.05, 0) is 6.92 Å². The van der Waals surface area contributed by atoms with Crippen molar-refractivity contribution >= 4 is 17.0 Å². The highest BCUT2D eigenvalue weighted by atomic mass is 35.5. The minimum atomic E-state index is -0.860. The lowest BCUT2D eigenvalue weighted by Crippen LogP contribution is -1.93. The molecule has 54 valence electrons. The predicted octanol–water partition coefficient (Wildman–Crippen LogP) is 2.33. The molecule has 0 aliphatic rings. The Bertz CT molecular complexity index is 241. The first kappa shape index (κ1) is 7.15. The topological polar surface area (TPSA) is 39.4 Å². The molecular weight excluding hydrogens is 156 g/mol. The highest BCUT2D eigenvalue weighted by Crippen LogP contribution is 2.15. The van der Waals surface area contributed by atoms with Gasteiger partial charge >= 0.3 is 5.43 Å². The van der Waals surface area contributed by atoms with Crippen molar-refractivity contribution in [3.63, 3.8) is 0 Å². The summed E-state index contributed by atoms with van der Waals surface area (Å²) in [6.07, 6.45) is 1.32. The van der Waals surface area contributed by atoms with E-state index in [4.69, 9.17) is 16.0 Å². The van der Waals surface area contributed by atoms with Gasteiger partial charge in [-0.3, -0.25) is 0 Å². The molecule has 0 fully saturated rings. The lowest BCUT2D eigenvalue weighted by atomic mass is 10.5. The minimum Gasteiger partial charge on any atom is -0.466 e. The zero-order valence-corrected chi connectivity index (χ0v) is 6.01. The molecule has 0 amide bonds. The maximum Gasteiger partial charge on any atom is 0.409 e. The summed E-state index contributed by atoms with van der Waals surface area (Å²) in [7, 11) is 0. The van der Waals surface area contributed by atoms with Crippen LogP contribution in [0.15, 0.2) is 16.7 Å². The van der Waals surface area contributed by atoms with E-state index in [-0.39, 0.29) is 0 Å². The molecule has 0 spiro atoms. The van der Waals surface area contributed by atoms with Crippen molar-refractivity contribution in [2.24, 2.45) is 0 Å². The van der Waals surface area contributed by atoms with E-state index < -0.39 is 5.43 Å². The van der Waals surface area contributed by atoms with Crippen LogP contribution in [-0.2, 0) is 0 Å². The van der Waals surface area contributed by atoms with Gasteiger partial charge in [0.05, 0.1) is 0 Å². The fourth-order valence-corrected chi connectivity index (χ4v) is 0.655. The fourth-order valence-electron chi connectivity index (χ4n) is 0.566. The van der Waals surface area contributed by atoms with Crippen LogP contribution in [0.1, 0.15) is 5.76 Å². The Morgan fingerprint density at radius 3 is 2.90 bits per heavy atom. The molecule has 0 saturated heterocycles. The van der Waals surface area contributed by atoms with Crippen molar-refractivity contribution in [1.82, 2.24) is 0 Å². The number of hydrogen-bond donors (Lipinski definition) is 0. The smallest absolute Gasteiger partial charge is 0.409 e. The standard InChI is InChI=1S/C6H5ClO3/c1-4-2-5(3-9-4)10-6(7)8/h2-3H,1H3. The van der Waals surface area contributed by atoms with Gasteiger partial charge in [0, 0.05) is 17.7 Å². The highest BCUT2D eigenvalue weighted by Gasteiger charge is 2.01. The zero-order valence-electron chi connectivity index (χ0n) is 5.26. The van der Waals surface area contributed by atoms with Crippen LogP contribution >= 0.6 is 11.6 Å². The molecule has 0 N–H and O–H groups in total. The van der Waals surface area contributed by atoms with Crippen LogP contribution in [0.2, 0.25) is 0 Å². The molecular formula is C6H5ClO3. The second kappa shape index (κ2) is 2.75. The van der Waals surface area contributed by atoms with Crippen LogP contribution in [0.4, 0.5) is 4.79 Å². The molecule has 1 heterocycles. The Labute approximate surface area is 62.5 Å². The molecule has 4 heteroatoms. The quantitative estimate of drug-likeness (QED) is 0.592. The summed E-state index contributed by atoms with van der Waals surface area (Å²) in [6.45, 7) is 1.74. The molecule has 0 aliphatic carbocycles. The number of ether oxygens (including phenoxy) is 1. The first-order valence-electron chi connectivity index (χ1n) is 2.61. The molecule has 0 unspecified atom stereocenters. The fraction of sp³-hybridized carbons (Fsp3) is 0.167. The van der Waals surface area contributed by atoms with Gasteiger partial charge in [-0.2, -0.15) is 0 Å². The van der Waals surface area contributed by atoms with Gasteiger partial charge in [-0.15, -0.1) is 0 Å². The normalized spacial score (nSPS) is 9.40. The average Bonchev–Trinajstić information content (AvgIpc) is 2.13. The molecule has 0 atom stereocenters. The summed E-state index contributed by atoms with van der Waals surface area (Å²) in [5.41, 5.74) is -0.860. The van der Waals surface area contributed by atoms with Crippen molar-refractivity contribution in [3.8, 4) is 5.75 Å². The number of carbonyl (C=O) groups is 1. The number of rotatable bonds is 1. The van der Waals surface area contributed by atoms with E-state index in [1.165, 1.54) is 6.26 Å². The Balaban J connectivity index is 2.67. The van der Waals surface area contributed by atoms with Gasteiger partial charge in [0.1, 0.15) is 12.0 Å². The third-order valence-corrected chi connectivity index (χ3v) is 0.982. The molecule has 0 aliphatic heterocycles. The van der Waals surface area contributed by atoms with Crippen molar-refractivity contribution in [1.29, 1.82) is 0 Å². The van der Waals surface area contributed by atoms with Crippen LogP contribution < -0.4 is 4.74 Å². The minimum absolute atomic E-state index is 0.331. The molecule has 1 rings (SSSR count). The van der Waals surface area contributed by atoms with Crippen LogP contribution in [0.3, 0.4) is 0 Å². The second-order valence-electron chi connectivity index (χ2n) is 1.73. The predicted molar refractivity (Wildman–Crippen MR) is 35.3 cm³/mol. The SMILES string of the molecule is Cc1cc(OC(=O)Cl)co1. The third kappa shape index (κ3) is 1.77. The van der Waals surface area contributed by atoms with Crippen LogP contribution in [0.5, 0.6) is 5.75 Å². The molecule has 0 saturated carbocycles. The Morgan fingerprint density at radius 1 is 1.80 bits per heavy atom. The molecule has 10 heavy (non-hydrogen) atoms. The Kier molecular flexibility index (Phi) is 1.97. The van der Waals surface area contributed by atoms with Crippen molar-refractivity contribution in [2.75, 3.05) is 0 Å². The molecule has 0 aromatic carbocycles. The summed E-state index contributed by atoms with van der Waals surface area (Å²) in [5, 5.41) is 0. The molecule has 1 aromatic rings. The molecule has 0 bridgehead atoms. The van der Waals surface area contributed by atoms with E-state index in [1.807, 2.05) is 0 Å². The van der Waals surface area contributed by atoms with E-state index in [9.17, 15) is 4.79 Å². The summed E-state index contributed by atoms with van der Waals surface area (Å²) >= 11 is 4.92. The number of carbonyl (C=O) groups excluding carboxylic acids is 1. The van der Waals surface area contributed by atoms with E-state index in [2.05, 4.69) is 4.74 Å². The molecule has 3 nitrogen and oxygen atoms in total. The lowest BCUT2D eigenvalue weighted by Gasteiger charge is -1.89. The average molecular weight is 161 g/mol. The summed E-state index contributed by atoms with van der Waals surface area (Å²) < 4.78 is 9.30. The monoisotopic (exact) mass is 160 g/mol. The summed E-state index contributed by atoms with van der Waals surface area (Å²) in [6, 6.07) is 1.57. The number of hydrogen-bond acceptors (Lipinski definition) is 3. The van der Waals surface area contributed by atoms with Crippen molar-refractivity contribution < 1.29 is 13.9 Å². The van der Waals surface area contributed by atoms with Gasteiger partial charge in [0.15, 0.2) is 5.75 Å². The number of halogens is 1. The third-order valence-electron chi connectivity index (χ3n) is 0.905. The van der Waals surface area contributed by atoms with Crippen molar-refractivity contribution in [3.05, 3.63) is 18.1 Å². The number of aryl methyl sites for hydroxylation is 1. The van der Waals surface area contributed by atoms with Gasteiger partial charge in [-0.1, -0.05) is 0 Å². The van der Waals surface area contributed by atoms with Gasteiger partial charge in [-0.25, -0.2) is 4.79 Å². The van der Waals surface area contributed by atoms with Crippen LogP contribution in [-0.4, -0.2) is 5.43 Å². The van der Waals surface area contributed by atoms with E-state index in [1.54, 1.807) is 13.0 Å². The molecule has 1 aromatic heterocycles. The first-order valence-corrected chi connectivity index (χ1v) is 2.99. The maximum absolute atomic E-state index is 10.1. The van der Waals surface area contributed by atoms with E-state index in [0.717, 1.165) is 0 Å². The highest BCUT2D eigenvalue weighted by molar-refractivity contribution is 6.61. The van der Waals surface area contributed by atoms with E-state index in [0.29, 0.717) is 11.5 Å². The van der Waals surface area contributed by atoms with Crippen LogP contribution in [0.25, 0.3) is 0 Å². The van der Waals surface area contributed by atoms with Gasteiger partial charge in [0.2, 0.25) is 0 Å². The van der Waals surface area contributed by atoms with Gasteiger partial charge in [0.25, 0.3) is 0 Å². The lowest BCUT2D eigenvalue weighted by molar-refractivity contribution is 0.225. The van der Waals surface area contributed by atoms with E-state index >= 15 is 0 Å². The zero-order chi connectivity index (χ0) is 7.56. The van der Waals surface area contributed by atoms with Crippen LogP contribution in [0, 0.1) is 6.92 Å². The first-order chi connectivity index (χ1) is 4.68. The van der Waals surface area contributed by atoms with Crippen molar-refractivity contribution in [2.45, 2.75) is 6.92 Å². The Hall–Kier alpha value is -0.960. The maximum atomic E-state index is 10.1. The summed E-state index contributed by atoms with van der Waals surface area (Å²) in [5.74, 6) is 1.01. The Morgan fingerprint density at radius 2 is 2.50 bits per heavy atom. The largest absolute Gasteiger partial charge is 0.466 e.